The molecule has 0 atom stereocenters. The van der Waals surface area contributed by atoms with Crippen molar-refractivity contribution < 1.29 is 0 Å². The maximum absolute atomic E-state index is 4.15. The number of para-hydroxylation sites is 6. The SMILES string of the molecule is Cc1cc2c3c4c1Nc1ccccc1N4c1cc4ccccc4cc1B3c1ccc3c4c1N2c1c(C)sc(C)c1N4c1cc(N(c2ccccc2)c2ccccc2)c2c4c1B3c1cc3ccccc3cc1N4c1ccccc1N2. The Morgan fingerprint density at radius 1 is 0.354 bits per heavy atom. The summed E-state index contributed by atoms with van der Waals surface area (Å²) in [5.74, 6) is 0. The van der Waals surface area contributed by atoms with Crippen molar-refractivity contribution in [3.8, 4) is 0 Å². The largest absolute Gasteiger partial charge is 0.352 e. The normalized spacial score (nSPS) is 14.3. The van der Waals surface area contributed by atoms with E-state index in [0.717, 1.165) is 39.8 Å². The van der Waals surface area contributed by atoms with Crippen LogP contribution in [0.25, 0.3) is 21.5 Å². The topological polar surface area (TPSA) is 40.3 Å². The van der Waals surface area contributed by atoms with Crippen LogP contribution in [-0.2, 0) is 0 Å². The van der Waals surface area contributed by atoms with E-state index in [4.69, 9.17) is 0 Å². The van der Waals surface area contributed by atoms with Crippen molar-refractivity contribution in [2.24, 2.45) is 0 Å². The minimum absolute atomic E-state index is 0.0572. The zero-order chi connectivity index (χ0) is 51.7. The summed E-state index contributed by atoms with van der Waals surface area (Å²) < 4.78 is 0. The Bertz CT molecular complexity index is 4750. The van der Waals surface area contributed by atoms with Gasteiger partial charge in [0.2, 0.25) is 0 Å². The standard InChI is InChI=1S/C69H45B2N7S/c1-38-32-57-60-68-62(38)72-51-26-14-16-28-53(51)75(68)55-35-43-20-12-10-18-41(43)33-49(55)70(60)47-30-31-48-67-66(47)77(57)64-39(2)79-40(3)65(64)78(67)58-37-59(74(45-22-6-4-7-23-45)46-24-8-5-9-25-46)63-69-61(58)71(48)50-34-42-19-11-13-21-44(42)36-56(50)76(69)54-29-17-15-27-52(54)73-63/h4-37,72-73H,1-3H3. The molecule has 0 saturated heterocycles. The van der Waals surface area contributed by atoms with Gasteiger partial charge in [-0.3, -0.25) is 0 Å². The highest BCUT2D eigenvalue weighted by Gasteiger charge is 2.55. The van der Waals surface area contributed by atoms with Gasteiger partial charge in [0.25, 0.3) is 13.4 Å². The molecular weight excluding hydrogens is 980 g/mol. The molecule has 0 saturated carbocycles. The Hall–Kier alpha value is -9.63. The van der Waals surface area contributed by atoms with Gasteiger partial charge in [-0.25, -0.2) is 0 Å². The fourth-order valence-corrected chi connectivity index (χ4v) is 16.2. The number of hydrogen-bond acceptors (Lipinski definition) is 8. The highest BCUT2D eigenvalue weighted by molar-refractivity contribution is 7.13. The summed E-state index contributed by atoms with van der Waals surface area (Å²) in [6, 6.07) is 77.6. The van der Waals surface area contributed by atoms with E-state index in [9.17, 15) is 0 Å². The summed E-state index contributed by atoms with van der Waals surface area (Å²) in [5.41, 5.74) is 31.7. The van der Waals surface area contributed by atoms with Crippen molar-refractivity contribution in [2.75, 3.05) is 35.1 Å². The maximum atomic E-state index is 4.15. The summed E-state index contributed by atoms with van der Waals surface area (Å²) >= 11 is 1.92. The first kappa shape index (κ1) is 42.5. The van der Waals surface area contributed by atoms with Gasteiger partial charge in [0.15, 0.2) is 0 Å². The van der Waals surface area contributed by atoms with Gasteiger partial charge < -0.3 is 35.1 Å². The van der Waals surface area contributed by atoms with Crippen molar-refractivity contribution in [1.82, 2.24) is 0 Å². The van der Waals surface area contributed by atoms with Gasteiger partial charge in [0.05, 0.1) is 73.9 Å². The second-order valence-electron chi connectivity index (χ2n) is 22.3. The lowest BCUT2D eigenvalue weighted by Gasteiger charge is -2.53. The van der Waals surface area contributed by atoms with Crippen molar-refractivity contribution in [3.05, 3.63) is 222 Å². The van der Waals surface area contributed by atoms with E-state index in [0.29, 0.717) is 0 Å². The molecule has 368 valence electrons. The molecule has 0 radical (unpaired) electrons. The minimum Gasteiger partial charge on any atom is -0.352 e. The number of anilines is 19. The number of rotatable bonds is 3. The lowest BCUT2D eigenvalue weighted by molar-refractivity contribution is 1.15. The Balaban J connectivity index is 0.974. The number of benzene rings is 11. The number of fused-ring (bicyclic) bond motifs is 19. The molecule has 0 unspecified atom stereocenters. The fraction of sp³-hybridized carbons (Fsp3) is 0.0435. The molecule has 11 aromatic carbocycles. The Morgan fingerprint density at radius 2 is 0.785 bits per heavy atom. The van der Waals surface area contributed by atoms with Crippen LogP contribution in [0.1, 0.15) is 15.3 Å². The van der Waals surface area contributed by atoms with E-state index in [1.54, 1.807) is 0 Å². The predicted molar refractivity (Wildman–Crippen MR) is 336 cm³/mol. The van der Waals surface area contributed by atoms with Crippen LogP contribution < -0.4 is 67.9 Å². The third kappa shape index (κ3) is 5.26. The van der Waals surface area contributed by atoms with Crippen LogP contribution in [0.4, 0.5) is 108 Å². The molecule has 0 aliphatic carbocycles. The molecule has 2 N–H and O–H groups in total. The number of thiophene rings is 1. The van der Waals surface area contributed by atoms with Gasteiger partial charge in [-0.1, -0.05) is 133 Å². The third-order valence-electron chi connectivity index (χ3n) is 18.2. The summed E-state index contributed by atoms with van der Waals surface area (Å²) in [6.07, 6.45) is 0. The number of hydrogen-bond donors (Lipinski definition) is 2. The molecule has 7 aliphatic heterocycles. The highest BCUT2D eigenvalue weighted by Crippen LogP contribution is 2.64. The second-order valence-corrected chi connectivity index (χ2v) is 23.7. The first-order valence-corrected chi connectivity index (χ1v) is 28.3. The summed E-state index contributed by atoms with van der Waals surface area (Å²) in [6.45, 7) is 6.85. The Morgan fingerprint density at radius 3 is 1.30 bits per heavy atom. The van der Waals surface area contributed by atoms with Crippen LogP contribution in [0, 0.1) is 20.8 Å². The molecule has 0 amide bonds. The monoisotopic (exact) mass is 1030 g/mol. The number of aryl methyl sites for hydroxylation is 3. The zero-order valence-electron chi connectivity index (χ0n) is 43.4. The maximum Gasteiger partial charge on any atom is 0.252 e. The zero-order valence-corrected chi connectivity index (χ0v) is 44.2. The van der Waals surface area contributed by atoms with Crippen LogP contribution >= 0.6 is 11.3 Å². The molecule has 0 bridgehead atoms. The molecule has 8 heterocycles. The van der Waals surface area contributed by atoms with E-state index in [1.807, 2.05) is 11.3 Å². The third-order valence-corrected chi connectivity index (χ3v) is 19.2. The van der Waals surface area contributed by atoms with Crippen molar-refractivity contribution in [3.63, 3.8) is 0 Å². The Labute approximate surface area is 462 Å². The molecule has 1 aromatic heterocycles. The van der Waals surface area contributed by atoms with E-state index in [-0.39, 0.29) is 13.4 Å². The van der Waals surface area contributed by atoms with Gasteiger partial charge in [-0.15, -0.1) is 11.3 Å². The van der Waals surface area contributed by atoms with Gasteiger partial charge in [0.1, 0.15) is 0 Å². The second kappa shape index (κ2) is 14.9. The average Bonchev–Trinajstić information content (AvgIpc) is 3.62. The van der Waals surface area contributed by atoms with Crippen LogP contribution in [0.3, 0.4) is 0 Å². The van der Waals surface area contributed by atoms with Crippen LogP contribution in [0.5, 0.6) is 0 Å². The lowest BCUT2D eigenvalue weighted by atomic mass is 9.30. The predicted octanol–water partition coefficient (Wildman–Crippen LogP) is 15.0. The molecule has 0 fully saturated rings. The molecule has 7 aliphatic rings. The smallest absolute Gasteiger partial charge is 0.252 e. The first-order valence-electron chi connectivity index (χ1n) is 27.5. The van der Waals surface area contributed by atoms with Crippen LogP contribution in [0.15, 0.2) is 206 Å². The minimum atomic E-state index is -0.104. The Kier molecular flexibility index (Phi) is 8.01. The van der Waals surface area contributed by atoms with Gasteiger partial charge in [0, 0.05) is 43.9 Å². The highest BCUT2D eigenvalue weighted by atomic mass is 32.1. The van der Waals surface area contributed by atoms with E-state index in [2.05, 4.69) is 262 Å². The molecule has 0 spiro atoms. The van der Waals surface area contributed by atoms with Crippen molar-refractivity contribution in [1.29, 1.82) is 0 Å². The van der Waals surface area contributed by atoms with E-state index >= 15 is 0 Å². The fourth-order valence-electron chi connectivity index (χ4n) is 15.2. The average molecular weight is 1030 g/mol. The van der Waals surface area contributed by atoms with E-state index in [1.165, 1.54) is 138 Å². The number of nitrogens with zero attached hydrogens (tertiary/aromatic N) is 5. The quantitative estimate of drug-likeness (QED) is 0.171. The van der Waals surface area contributed by atoms with Crippen LogP contribution in [0.2, 0.25) is 0 Å². The van der Waals surface area contributed by atoms with Gasteiger partial charge >= 0.3 is 0 Å². The van der Waals surface area contributed by atoms with Crippen molar-refractivity contribution >= 4 is 187 Å². The first-order chi connectivity index (χ1) is 39.0. The molecular formula is C69H45B2N7S. The van der Waals surface area contributed by atoms with Gasteiger partial charge in [-0.05, 0) is 153 Å². The summed E-state index contributed by atoms with van der Waals surface area (Å²) in [5, 5.41) is 13.1. The molecule has 7 nitrogen and oxygen atoms in total. The summed E-state index contributed by atoms with van der Waals surface area (Å²) in [7, 11) is 0. The molecule has 19 rings (SSSR count). The lowest BCUT2D eigenvalue weighted by Crippen LogP contribution is -2.65. The van der Waals surface area contributed by atoms with E-state index < -0.39 is 0 Å². The number of nitrogens with one attached hydrogen (secondary N) is 2. The van der Waals surface area contributed by atoms with Crippen molar-refractivity contribution in [2.45, 2.75) is 20.8 Å². The molecule has 79 heavy (non-hydrogen) atoms. The van der Waals surface area contributed by atoms with Gasteiger partial charge in [-0.2, -0.15) is 0 Å². The summed E-state index contributed by atoms with van der Waals surface area (Å²) in [4.78, 5) is 15.7. The van der Waals surface area contributed by atoms with Crippen LogP contribution in [-0.4, -0.2) is 13.4 Å². The molecule has 12 aromatic rings. The molecule has 10 heteroatoms.